The second-order valence-electron chi connectivity index (χ2n) is 10.1. The van der Waals surface area contributed by atoms with E-state index in [0.717, 1.165) is 16.5 Å². The smallest absolute Gasteiger partial charge is 0.310 e. The number of fused-ring (bicyclic) bond motifs is 2. The van der Waals surface area contributed by atoms with E-state index in [-0.39, 0.29) is 41.1 Å². The van der Waals surface area contributed by atoms with Crippen LogP contribution in [0.15, 0.2) is 55.1 Å². The van der Waals surface area contributed by atoms with Crippen molar-refractivity contribution >= 4 is 61.9 Å². The monoisotopic (exact) mass is 600 g/mol. The van der Waals surface area contributed by atoms with Crippen molar-refractivity contribution in [2.24, 2.45) is 11.8 Å². The Labute approximate surface area is 235 Å². The van der Waals surface area contributed by atoms with Crippen LogP contribution in [-0.2, 0) is 19.1 Å². The van der Waals surface area contributed by atoms with Crippen LogP contribution in [0.3, 0.4) is 0 Å². The molecule has 3 heterocycles. The van der Waals surface area contributed by atoms with Gasteiger partial charge in [-0.15, -0.1) is 18.3 Å². The van der Waals surface area contributed by atoms with Crippen molar-refractivity contribution in [1.29, 1.82) is 0 Å². The summed E-state index contributed by atoms with van der Waals surface area (Å²) in [5, 5.41) is 11.3. The van der Waals surface area contributed by atoms with Crippen molar-refractivity contribution in [2.75, 3.05) is 31.2 Å². The lowest BCUT2D eigenvalue weighted by Gasteiger charge is -2.38. The Kier molecular flexibility index (Phi) is 7.89. The van der Waals surface area contributed by atoms with Crippen molar-refractivity contribution in [3.8, 4) is 0 Å². The van der Waals surface area contributed by atoms with Gasteiger partial charge in [0.25, 0.3) is 5.91 Å². The number of alkyl halides is 1. The number of aliphatic hydroxyl groups excluding tert-OH is 1. The molecular weight excluding hydrogens is 568 g/mol. The number of anilines is 1. The number of amides is 2. The minimum absolute atomic E-state index is 0.00725. The Bertz CT molecular complexity index is 1260. The average molecular weight is 602 g/mol. The van der Waals surface area contributed by atoms with Crippen molar-refractivity contribution < 1.29 is 24.2 Å². The number of unbranched alkanes of at least 4 members (excludes halogenated alkanes) is 1. The highest BCUT2D eigenvalue weighted by Crippen LogP contribution is 2.68. The van der Waals surface area contributed by atoms with Gasteiger partial charge >= 0.3 is 5.97 Å². The Morgan fingerprint density at radius 3 is 2.74 bits per heavy atom. The third-order valence-corrected chi connectivity index (χ3v) is 11.2. The summed E-state index contributed by atoms with van der Waals surface area (Å²) < 4.78 is 4.68. The SMILES string of the molecule is C=CCN(C(=O)C1N(CCCCO)C(=O)[C@@H]2[C@H](C(=O)OCC)[C@H]3SC12CC3Br)c1ccc2ccccc2c1. The topological polar surface area (TPSA) is 87.2 Å². The molecule has 3 aliphatic rings. The summed E-state index contributed by atoms with van der Waals surface area (Å²) in [5.74, 6) is -1.91. The normalized spacial score (nSPS) is 29.5. The first kappa shape index (κ1) is 27.2. The fourth-order valence-electron chi connectivity index (χ4n) is 6.50. The van der Waals surface area contributed by atoms with Crippen molar-refractivity contribution in [1.82, 2.24) is 4.90 Å². The number of benzene rings is 2. The number of aliphatic hydroxyl groups is 1. The van der Waals surface area contributed by atoms with E-state index in [1.54, 1.807) is 34.6 Å². The summed E-state index contributed by atoms with van der Waals surface area (Å²) in [6.07, 6.45) is 3.41. The minimum Gasteiger partial charge on any atom is -0.466 e. The first-order valence-corrected chi connectivity index (χ1v) is 15.0. The summed E-state index contributed by atoms with van der Waals surface area (Å²) in [5.41, 5.74) is 0.742. The van der Waals surface area contributed by atoms with Gasteiger partial charge in [-0.3, -0.25) is 14.4 Å². The maximum atomic E-state index is 14.6. The van der Waals surface area contributed by atoms with Crippen LogP contribution in [0.25, 0.3) is 10.8 Å². The zero-order valence-corrected chi connectivity index (χ0v) is 23.8. The van der Waals surface area contributed by atoms with Gasteiger partial charge in [-0.2, -0.15) is 0 Å². The van der Waals surface area contributed by atoms with Crippen LogP contribution in [0.4, 0.5) is 5.69 Å². The fraction of sp³-hybridized carbons (Fsp3) is 0.483. The summed E-state index contributed by atoms with van der Waals surface area (Å²) in [6, 6.07) is 13.2. The molecule has 3 aliphatic heterocycles. The molecule has 0 saturated carbocycles. The molecule has 3 unspecified atom stereocenters. The molecule has 0 aliphatic carbocycles. The standard InChI is InChI=1S/C29H33BrN2O5S/c1-3-13-31(20-12-11-18-9-5-6-10-19(18)16-20)27(35)25-29-17-21(30)24(38-29)22(28(36)37-4-2)23(29)26(34)32(25)14-7-8-15-33/h3,5-6,9-12,16,21-25,33H,1,4,7-8,13-15,17H2,2H3/t21?,22-,23-,24-,25?,29?/m0/s1. The third-order valence-electron chi connectivity index (χ3n) is 8.01. The van der Waals surface area contributed by atoms with E-state index in [9.17, 15) is 19.5 Å². The molecule has 1 N–H and O–H groups in total. The fourth-order valence-corrected chi connectivity index (χ4v) is 10.1. The number of hydrogen-bond acceptors (Lipinski definition) is 6. The second-order valence-corrected chi connectivity index (χ2v) is 12.9. The molecule has 38 heavy (non-hydrogen) atoms. The number of carbonyl (C=O) groups is 3. The number of likely N-dealkylation sites (tertiary alicyclic amines) is 1. The molecule has 7 nitrogen and oxygen atoms in total. The Balaban J connectivity index is 1.57. The predicted molar refractivity (Wildman–Crippen MR) is 153 cm³/mol. The molecule has 202 valence electrons. The van der Waals surface area contributed by atoms with Gasteiger partial charge < -0.3 is 19.6 Å². The van der Waals surface area contributed by atoms with E-state index < -0.39 is 22.6 Å². The maximum Gasteiger partial charge on any atom is 0.310 e. The Morgan fingerprint density at radius 1 is 1.26 bits per heavy atom. The van der Waals surface area contributed by atoms with Gasteiger partial charge in [-0.25, -0.2) is 0 Å². The molecule has 1 spiro atoms. The molecule has 0 radical (unpaired) electrons. The van der Waals surface area contributed by atoms with E-state index in [0.29, 0.717) is 32.4 Å². The summed E-state index contributed by atoms with van der Waals surface area (Å²) in [6.45, 7) is 6.56. The lowest BCUT2D eigenvalue weighted by atomic mass is 9.71. The number of rotatable bonds is 10. The predicted octanol–water partition coefficient (Wildman–Crippen LogP) is 4.16. The number of ether oxygens (including phenoxy) is 1. The third kappa shape index (κ3) is 4.36. The molecule has 3 fully saturated rings. The van der Waals surface area contributed by atoms with Crippen LogP contribution in [0, 0.1) is 11.8 Å². The molecule has 6 atom stereocenters. The summed E-state index contributed by atoms with van der Waals surface area (Å²) in [7, 11) is 0. The van der Waals surface area contributed by atoms with Crippen molar-refractivity contribution in [2.45, 2.75) is 47.1 Å². The molecule has 3 saturated heterocycles. The molecule has 2 aromatic carbocycles. The van der Waals surface area contributed by atoms with Gasteiger partial charge in [0.15, 0.2) is 0 Å². The second kappa shape index (κ2) is 11.0. The largest absolute Gasteiger partial charge is 0.466 e. The maximum absolute atomic E-state index is 14.6. The number of carbonyl (C=O) groups excluding carboxylic acids is 3. The molecule has 2 amide bonds. The minimum atomic E-state index is -0.736. The molecule has 2 bridgehead atoms. The number of halogens is 1. The van der Waals surface area contributed by atoms with E-state index in [2.05, 4.69) is 22.5 Å². The van der Waals surface area contributed by atoms with Crippen LogP contribution < -0.4 is 4.90 Å². The number of nitrogens with zero attached hydrogens (tertiary/aromatic N) is 2. The van der Waals surface area contributed by atoms with E-state index in [1.165, 1.54) is 0 Å². The van der Waals surface area contributed by atoms with Crippen LogP contribution in [0.5, 0.6) is 0 Å². The lowest BCUT2D eigenvalue weighted by Crippen LogP contribution is -2.55. The van der Waals surface area contributed by atoms with Gasteiger partial charge in [-0.1, -0.05) is 52.3 Å². The van der Waals surface area contributed by atoms with Crippen LogP contribution >= 0.6 is 27.7 Å². The highest BCUT2D eigenvalue weighted by atomic mass is 79.9. The highest BCUT2D eigenvalue weighted by Gasteiger charge is 2.76. The van der Waals surface area contributed by atoms with Gasteiger partial charge in [0.2, 0.25) is 5.91 Å². The van der Waals surface area contributed by atoms with Crippen molar-refractivity contribution in [3.05, 3.63) is 55.1 Å². The molecule has 5 rings (SSSR count). The number of hydrogen-bond donors (Lipinski definition) is 1. The number of thioether (sulfide) groups is 1. The van der Waals surface area contributed by atoms with Gasteiger partial charge in [-0.05, 0) is 49.1 Å². The van der Waals surface area contributed by atoms with Crippen molar-refractivity contribution in [3.63, 3.8) is 0 Å². The van der Waals surface area contributed by atoms with Crippen LogP contribution in [0.2, 0.25) is 0 Å². The lowest BCUT2D eigenvalue weighted by molar-refractivity contribution is -0.153. The summed E-state index contributed by atoms with van der Waals surface area (Å²) in [4.78, 5) is 45.1. The Morgan fingerprint density at radius 2 is 2.03 bits per heavy atom. The van der Waals surface area contributed by atoms with E-state index in [4.69, 9.17) is 4.74 Å². The van der Waals surface area contributed by atoms with Gasteiger partial charge in [0.1, 0.15) is 6.04 Å². The quantitative estimate of drug-likeness (QED) is 0.191. The molecule has 2 aromatic rings. The zero-order chi connectivity index (χ0) is 27.0. The summed E-state index contributed by atoms with van der Waals surface area (Å²) >= 11 is 5.38. The highest BCUT2D eigenvalue weighted by molar-refractivity contribution is 9.09. The van der Waals surface area contributed by atoms with Gasteiger partial charge in [0, 0.05) is 35.5 Å². The first-order chi connectivity index (χ1) is 18.4. The Hall–Kier alpha value is -2.36. The molecule has 0 aromatic heterocycles. The van der Waals surface area contributed by atoms with Crippen LogP contribution in [0.1, 0.15) is 26.2 Å². The van der Waals surface area contributed by atoms with E-state index >= 15 is 0 Å². The zero-order valence-electron chi connectivity index (χ0n) is 21.4. The number of esters is 1. The van der Waals surface area contributed by atoms with Gasteiger partial charge in [0.05, 0.1) is 23.2 Å². The van der Waals surface area contributed by atoms with E-state index in [1.807, 2.05) is 42.5 Å². The first-order valence-electron chi connectivity index (χ1n) is 13.2. The molecular formula is C29H33BrN2O5S. The molecule has 9 heteroatoms. The average Bonchev–Trinajstić information content (AvgIpc) is 3.50. The van der Waals surface area contributed by atoms with Crippen LogP contribution in [-0.4, -0.2) is 75.0 Å².